The molecular formula is C24H33N3O2. The lowest BCUT2D eigenvalue weighted by molar-refractivity contribution is -0.123. The quantitative estimate of drug-likeness (QED) is 0.682. The van der Waals surface area contributed by atoms with Crippen molar-refractivity contribution in [1.29, 1.82) is 0 Å². The van der Waals surface area contributed by atoms with Crippen LogP contribution in [0.15, 0.2) is 48.5 Å². The third-order valence-electron chi connectivity index (χ3n) is 5.23. The van der Waals surface area contributed by atoms with Crippen LogP contribution in [0.25, 0.3) is 0 Å². The molecule has 0 aliphatic carbocycles. The van der Waals surface area contributed by atoms with Gasteiger partial charge in [0.05, 0.1) is 12.0 Å². The van der Waals surface area contributed by atoms with E-state index in [1.807, 2.05) is 26.0 Å². The minimum atomic E-state index is -0.171. The predicted octanol–water partition coefficient (Wildman–Crippen LogP) is 3.46. The first-order valence-corrected chi connectivity index (χ1v) is 10.6. The zero-order chi connectivity index (χ0) is 20.6. The second kappa shape index (κ2) is 10.4. The summed E-state index contributed by atoms with van der Waals surface area (Å²) in [7, 11) is 0. The molecule has 0 bridgehead atoms. The number of ether oxygens (including phenoxy) is 1. The first kappa shape index (κ1) is 21.3. The normalized spacial score (nSPS) is 17.4. The highest BCUT2D eigenvalue weighted by atomic mass is 16.5. The van der Waals surface area contributed by atoms with Crippen molar-refractivity contribution in [3.8, 4) is 5.75 Å². The van der Waals surface area contributed by atoms with Crippen molar-refractivity contribution < 1.29 is 9.53 Å². The fourth-order valence-electron chi connectivity index (χ4n) is 3.88. The Kier molecular flexibility index (Phi) is 7.67. The third kappa shape index (κ3) is 6.87. The Hall–Kier alpha value is -2.37. The van der Waals surface area contributed by atoms with Gasteiger partial charge in [0.25, 0.3) is 0 Å². The van der Waals surface area contributed by atoms with Crippen molar-refractivity contribution in [3.05, 3.63) is 65.2 Å². The van der Waals surface area contributed by atoms with E-state index in [1.54, 1.807) is 0 Å². The highest BCUT2D eigenvalue weighted by molar-refractivity contribution is 5.76. The van der Waals surface area contributed by atoms with Gasteiger partial charge in [-0.3, -0.25) is 9.69 Å². The van der Waals surface area contributed by atoms with E-state index in [0.29, 0.717) is 0 Å². The number of nitrogens with two attached hydrogens (primary N) is 1. The fourth-order valence-corrected chi connectivity index (χ4v) is 3.88. The average molecular weight is 396 g/mol. The molecule has 2 aromatic carbocycles. The van der Waals surface area contributed by atoms with E-state index in [9.17, 15) is 4.79 Å². The number of likely N-dealkylation sites (tertiary alicyclic amines) is 1. The van der Waals surface area contributed by atoms with Crippen LogP contribution in [0.1, 0.15) is 43.4 Å². The van der Waals surface area contributed by atoms with Crippen LogP contribution in [-0.2, 0) is 24.4 Å². The monoisotopic (exact) mass is 395 g/mol. The van der Waals surface area contributed by atoms with Gasteiger partial charge in [0, 0.05) is 26.2 Å². The molecule has 1 unspecified atom stereocenters. The molecule has 1 aliphatic rings. The molecule has 1 atom stereocenters. The van der Waals surface area contributed by atoms with Crippen LogP contribution in [0.3, 0.4) is 0 Å². The van der Waals surface area contributed by atoms with E-state index in [-0.39, 0.29) is 17.9 Å². The maximum absolute atomic E-state index is 11.5. The minimum absolute atomic E-state index is 0.0101. The summed E-state index contributed by atoms with van der Waals surface area (Å²) in [5.74, 6) is 0.733. The molecule has 0 aromatic heterocycles. The summed E-state index contributed by atoms with van der Waals surface area (Å²) in [4.78, 5) is 13.8. The number of carbonyl (C=O) groups is 1. The number of hydrogen-bond acceptors (Lipinski definition) is 4. The molecule has 3 rings (SSSR count). The molecule has 29 heavy (non-hydrogen) atoms. The van der Waals surface area contributed by atoms with Gasteiger partial charge in [0.2, 0.25) is 5.91 Å². The van der Waals surface area contributed by atoms with E-state index in [0.717, 1.165) is 51.3 Å². The zero-order valence-electron chi connectivity index (χ0n) is 17.6. The van der Waals surface area contributed by atoms with Crippen LogP contribution in [0, 0.1) is 5.92 Å². The van der Waals surface area contributed by atoms with Crippen molar-refractivity contribution in [2.75, 3.05) is 13.1 Å². The van der Waals surface area contributed by atoms with E-state index >= 15 is 0 Å². The van der Waals surface area contributed by atoms with Crippen molar-refractivity contribution in [3.63, 3.8) is 0 Å². The zero-order valence-corrected chi connectivity index (χ0v) is 17.6. The molecule has 1 fully saturated rings. The molecule has 1 amide bonds. The molecule has 156 valence electrons. The molecule has 0 saturated carbocycles. The van der Waals surface area contributed by atoms with Crippen molar-refractivity contribution in [2.45, 2.75) is 52.4 Å². The summed E-state index contributed by atoms with van der Waals surface area (Å²) in [5.41, 5.74) is 9.26. The number of carbonyl (C=O) groups excluding carboxylic acids is 1. The molecule has 0 radical (unpaired) electrons. The first-order chi connectivity index (χ1) is 14.0. The number of nitrogens with one attached hydrogen (secondary N) is 1. The SMILES string of the molecule is CC(C)Oc1cccc(CNCc2cccc(CN3CCCC(C(N)=O)C3)c2)c1. The summed E-state index contributed by atoms with van der Waals surface area (Å²) >= 11 is 0. The maximum Gasteiger partial charge on any atom is 0.221 e. The van der Waals surface area contributed by atoms with Gasteiger partial charge in [-0.25, -0.2) is 0 Å². The summed E-state index contributed by atoms with van der Waals surface area (Å²) in [6.07, 6.45) is 2.13. The van der Waals surface area contributed by atoms with Gasteiger partial charge in [0.1, 0.15) is 5.75 Å². The smallest absolute Gasteiger partial charge is 0.221 e. The van der Waals surface area contributed by atoms with E-state index < -0.39 is 0 Å². The Labute approximate surface area is 174 Å². The van der Waals surface area contributed by atoms with Crippen LogP contribution >= 0.6 is 0 Å². The van der Waals surface area contributed by atoms with Crippen LogP contribution in [0.5, 0.6) is 5.75 Å². The minimum Gasteiger partial charge on any atom is -0.491 e. The Morgan fingerprint density at radius 2 is 1.83 bits per heavy atom. The van der Waals surface area contributed by atoms with Crippen LogP contribution < -0.4 is 15.8 Å². The summed E-state index contributed by atoms with van der Waals surface area (Å²) in [5, 5.41) is 3.52. The number of amides is 1. The molecule has 1 saturated heterocycles. The van der Waals surface area contributed by atoms with Gasteiger partial charge in [-0.05, 0) is 62.1 Å². The predicted molar refractivity (Wildman–Crippen MR) is 116 cm³/mol. The van der Waals surface area contributed by atoms with Gasteiger partial charge in [-0.2, -0.15) is 0 Å². The third-order valence-corrected chi connectivity index (χ3v) is 5.23. The highest BCUT2D eigenvalue weighted by Crippen LogP contribution is 2.19. The molecular weight excluding hydrogens is 362 g/mol. The van der Waals surface area contributed by atoms with Gasteiger partial charge in [0.15, 0.2) is 0 Å². The molecule has 5 heteroatoms. The van der Waals surface area contributed by atoms with Gasteiger partial charge >= 0.3 is 0 Å². The number of nitrogens with zero attached hydrogens (tertiary/aromatic N) is 1. The van der Waals surface area contributed by atoms with E-state index in [2.05, 4.69) is 46.6 Å². The first-order valence-electron chi connectivity index (χ1n) is 10.6. The van der Waals surface area contributed by atoms with Crippen molar-refractivity contribution in [2.24, 2.45) is 11.7 Å². The van der Waals surface area contributed by atoms with Crippen LogP contribution in [0.2, 0.25) is 0 Å². The molecule has 3 N–H and O–H groups in total. The molecule has 2 aromatic rings. The molecule has 0 spiro atoms. The van der Waals surface area contributed by atoms with Gasteiger partial charge in [-0.1, -0.05) is 36.4 Å². The molecule has 5 nitrogen and oxygen atoms in total. The van der Waals surface area contributed by atoms with Crippen molar-refractivity contribution in [1.82, 2.24) is 10.2 Å². The topological polar surface area (TPSA) is 67.6 Å². The van der Waals surface area contributed by atoms with E-state index in [4.69, 9.17) is 10.5 Å². The summed E-state index contributed by atoms with van der Waals surface area (Å²) in [6.45, 7) is 8.35. The Morgan fingerprint density at radius 1 is 1.14 bits per heavy atom. The fraction of sp³-hybridized carbons (Fsp3) is 0.458. The lowest BCUT2D eigenvalue weighted by Gasteiger charge is -2.31. The standard InChI is InChI=1S/C24H33N3O2/c1-18(2)29-23-10-4-7-20(13-23)15-26-14-19-6-3-8-21(12-19)16-27-11-5-9-22(17-27)24(25)28/h3-4,6-8,10,12-13,18,22,26H,5,9,11,14-17H2,1-2H3,(H2,25,28). The summed E-state index contributed by atoms with van der Waals surface area (Å²) < 4.78 is 5.77. The Morgan fingerprint density at radius 3 is 2.55 bits per heavy atom. The lowest BCUT2D eigenvalue weighted by atomic mass is 9.97. The maximum atomic E-state index is 11.5. The average Bonchev–Trinajstić information content (AvgIpc) is 2.68. The number of piperidine rings is 1. The number of primary amides is 1. The number of rotatable bonds is 9. The number of hydrogen-bond donors (Lipinski definition) is 2. The van der Waals surface area contributed by atoms with Gasteiger partial charge in [-0.15, -0.1) is 0 Å². The lowest BCUT2D eigenvalue weighted by Crippen LogP contribution is -2.40. The molecule has 1 aliphatic heterocycles. The second-order valence-corrected chi connectivity index (χ2v) is 8.21. The Balaban J connectivity index is 1.50. The van der Waals surface area contributed by atoms with Gasteiger partial charge < -0.3 is 15.8 Å². The second-order valence-electron chi connectivity index (χ2n) is 8.21. The summed E-state index contributed by atoms with van der Waals surface area (Å²) in [6, 6.07) is 16.9. The number of benzene rings is 2. The van der Waals surface area contributed by atoms with Crippen molar-refractivity contribution >= 4 is 5.91 Å². The van der Waals surface area contributed by atoms with Crippen LogP contribution in [0.4, 0.5) is 0 Å². The van der Waals surface area contributed by atoms with Crippen LogP contribution in [-0.4, -0.2) is 30.0 Å². The Bertz CT molecular complexity index is 806. The largest absolute Gasteiger partial charge is 0.491 e. The highest BCUT2D eigenvalue weighted by Gasteiger charge is 2.23. The molecule has 1 heterocycles. The van der Waals surface area contributed by atoms with E-state index in [1.165, 1.54) is 16.7 Å².